The highest BCUT2D eigenvalue weighted by atomic mass is 35.5. The van der Waals surface area contributed by atoms with Crippen LogP contribution in [0.5, 0.6) is 0 Å². The second kappa shape index (κ2) is 8.54. The summed E-state index contributed by atoms with van der Waals surface area (Å²) in [6.45, 7) is 6.73. The zero-order valence-electron chi connectivity index (χ0n) is 15.5. The maximum absolute atomic E-state index is 11.9. The summed E-state index contributed by atoms with van der Waals surface area (Å²) in [6, 6.07) is 6.99. The Labute approximate surface area is 166 Å². The number of urea groups is 1. The van der Waals surface area contributed by atoms with Gasteiger partial charge >= 0.3 is 12.0 Å². The number of carbonyl (C=O) groups is 3. The van der Waals surface area contributed by atoms with Crippen LogP contribution in [0.25, 0.3) is 16.2 Å². The first-order valence-electron chi connectivity index (χ1n) is 8.25. The minimum Gasteiger partial charge on any atom is -0.449 e. The molecule has 0 unspecified atom stereocenters. The van der Waals surface area contributed by atoms with E-state index in [2.05, 4.69) is 10.6 Å². The molecule has 0 radical (unpaired) electrons. The molecule has 144 valence electrons. The van der Waals surface area contributed by atoms with E-state index >= 15 is 0 Å². The molecule has 6 nitrogen and oxygen atoms in total. The smallest absolute Gasteiger partial charge is 0.331 e. The SMILES string of the molecule is C[C@H](OC(=O)/C=C/c1sc2ccccc2c1Cl)C(=O)NC(=O)NC(C)(C)C. The molecule has 0 aliphatic rings. The molecular weight excluding hydrogens is 388 g/mol. The Bertz CT molecular complexity index is 899. The van der Waals surface area contributed by atoms with Crippen LogP contribution in [0.15, 0.2) is 30.3 Å². The lowest BCUT2D eigenvalue weighted by Crippen LogP contribution is -2.50. The molecule has 0 saturated heterocycles. The molecule has 1 aromatic carbocycles. The molecule has 0 spiro atoms. The molecule has 2 rings (SSSR count). The highest BCUT2D eigenvalue weighted by Gasteiger charge is 2.21. The van der Waals surface area contributed by atoms with E-state index in [1.165, 1.54) is 24.3 Å². The number of esters is 1. The van der Waals surface area contributed by atoms with Gasteiger partial charge in [0.2, 0.25) is 0 Å². The molecule has 1 aromatic heterocycles. The van der Waals surface area contributed by atoms with E-state index in [0.717, 1.165) is 15.0 Å². The molecule has 1 heterocycles. The fraction of sp³-hybridized carbons (Fsp3) is 0.316. The van der Waals surface area contributed by atoms with Crippen molar-refractivity contribution < 1.29 is 19.1 Å². The Morgan fingerprint density at radius 1 is 1.22 bits per heavy atom. The van der Waals surface area contributed by atoms with Crippen molar-refractivity contribution >= 4 is 57.0 Å². The van der Waals surface area contributed by atoms with Gasteiger partial charge in [-0.15, -0.1) is 11.3 Å². The van der Waals surface area contributed by atoms with Crippen molar-refractivity contribution in [3.8, 4) is 0 Å². The van der Waals surface area contributed by atoms with E-state index in [4.69, 9.17) is 16.3 Å². The fourth-order valence-corrected chi connectivity index (χ4v) is 3.54. The molecule has 3 amide bonds. The van der Waals surface area contributed by atoms with Crippen LogP contribution >= 0.6 is 22.9 Å². The van der Waals surface area contributed by atoms with Crippen molar-refractivity contribution in [3.05, 3.63) is 40.2 Å². The maximum Gasteiger partial charge on any atom is 0.331 e. The van der Waals surface area contributed by atoms with Crippen LogP contribution in [0.2, 0.25) is 5.02 Å². The summed E-state index contributed by atoms with van der Waals surface area (Å²) in [4.78, 5) is 36.3. The average molecular weight is 409 g/mol. The molecule has 1 atom stereocenters. The molecular formula is C19H21ClN2O4S. The zero-order valence-corrected chi connectivity index (χ0v) is 17.0. The number of nitrogens with one attached hydrogen (secondary N) is 2. The van der Waals surface area contributed by atoms with Crippen LogP contribution in [-0.2, 0) is 14.3 Å². The van der Waals surface area contributed by atoms with E-state index in [1.807, 2.05) is 24.3 Å². The van der Waals surface area contributed by atoms with Crippen LogP contribution in [0.4, 0.5) is 4.79 Å². The zero-order chi connectivity index (χ0) is 20.2. The van der Waals surface area contributed by atoms with Gasteiger partial charge in [-0.3, -0.25) is 10.1 Å². The highest BCUT2D eigenvalue weighted by molar-refractivity contribution is 7.20. The minimum atomic E-state index is -1.12. The quantitative estimate of drug-likeness (QED) is 0.588. The number of imide groups is 1. The van der Waals surface area contributed by atoms with Gasteiger partial charge in [0, 0.05) is 26.6 Å². The van der Waals surface area contributed by atoms with Gasteiger partial charge in [-0.2, -0.15) is 0 Å². The summed E-state index contributed by atoms with van der Waals surface area (Å²) < 4.78 is 6.03. The predicted molar refractivity (Wildman–Crippen MR) is 108 cm³/mol. The molecule has 2 N–H and O–H groups in total. The number of benzene rings is 1. The Balaban J connectivity index is 1.94. The lowest BCUT2D eigenvalue weighted by Gasteiger charge is -2.21. The number of ether oxygens (including phenoxy) is 1. The Morgan fingerprint density at radius 2 is 1.89 bits per heavy atom. The van der Waals surface area contributed by atoms with Crippen molar-refractivity contribution in [2.75, 3.05) is 0 Å². The summed E-state index contributed by atoms with van der Waals surface area (Å²) >= 11 is 7.75. The predicted octanol–water partition coefficient (Wildman–Crippen LogP) is 4.12. The minimum absolute atomic E-state index is 0.490. The lowest BCUT2D eigenvalue weighted by molar-refractivity contribution is -0.149. The first kappa shape index (κ1) is 20.9. The molecule has 2 aromatic rings. The van der Waals surface area contributed by atoms with Gasteiger partial charge in [-0.1, -0.05) is 29.8 Å². The lowest BCUT2D eigenvalue weighted by atomic mass is 10.1. The summed E-state index contributed by atoms with van der Waals surface area (Å²) in [5.41, 5.74) is -0.490. The summed E-state index contributed by atoms with van der Waals surface area (Å²) in [5, 5.41) is 6.19. The van der Waals surface area contributed by atoms with Crippen molar-refractivity contribution in [1.82, 2.24) is 10.6 Å². The molecule has 27 heavy (non-hydrogen) atoms. The largest absolute Gasteiger partial charge is 0.449 e. The normalized spacial score (nSPS) is 12.8. The molecule has 0 aliphatic heterocycles. The third-order valence-corrected chi connectivity index (χ3v) is 4.97. The van der Waals surface area contributed by atoms with Crippen molar-refractivity contribution in [3.63, 3.8) is 0 Å². The van der Waals surface area contributed by atoms with Crippen LogP contribution in [0, 0.1) is 0 Å². The number of fused-ring (bicyclic) bond motifs is 1. The Kier molecular flexibility index (Phi) is 6.62. The summed E-state index contributed by atoms with van der Waals surface area (Å²) in [6.07, 6.45) is 1.63. The Hall–Kier alpha value is -2.38. The van der Waals surface area contributed by atoms with Crippen LogP contribution < -0.4 is 10.6 Å². The third-order valence-electron chi connectivity index (χ3n) is 3.32. The van der Waals surface area contributed by atoms with E-state index < -0.39 is 29.6 Å². The molecule has 0 bridgehead atoms. The van der Waals surface area contributed by atoms with Gasteiger partial charge < -0.3 is 10.1 Å². The average Bonchev–Trinajstić information content (AvgIpc) is 2.87. The van der Waals surface area contributed by atoms with E-state index in [1.54, 1.807) is 26.8 Å². The summed E-state index contributed by atoms with van der Waals surface area (Å²) in [5.74, 6) is -1.42. The third kappa shape index (κ3) is 6.08. The molecule has 0 aliphatic carbocycles. The van der Waals surface area contributed by atoms with E-state index in [9.17, 15) is 14.4 Å². The number of carbonyl (C=O) groups excluding carboxylic acids is 3. The number of thiophene rings is 1. The second-order valence-corrected chi connectivity index (χ2v) is 8.34. The van der Waals surface area contributed by atoms with Crippen LogP contribution in [0.3, 0.4) is 0 Å². The van der Waals surface area contributed by atoms with Gasteiger partial charge in [-0.05, 0) is 39.8 Å². The topological polar surface area (TPSA) is 84.5 Å². The first-order chi connectivity index (χ1) is 12.6. The number of amides is 3. The van der Waals surface area contributed by atoms with E-state index in [0.29, 0.717) is 5.02 Å². The fourth-order valence-electron chi connectivity index (χ4n) is 2.14. The molecule has 0 fully saturated rings. The summed E-state index contributed by atoms with van der Waals surface area (Å²) in [7, 11) is 0. The number of hydrogen-bond acceptors (Lipinski definition) is 5. The monoisotopic (exact) mass is 408 g/mol. The number of rotatable bonds is 4. The van der Waals surface area contributed by atoms with Gasteiger partial charge in [-0.25, -0.2) is 9.59 Å². The van der Waals surface area contributed by atoms with Crippen LogP contribution in [-0.4, -0.2) is 29.6 Å². The van der Waals surface area contributed by atoms with Gasteiger partial charge in [0.05, 0.1) is 5.02 Å². The standard InChI is InChI=1S/C19H21ClN2O4S/c1-11(17(24)21-18(25)22-19(2,3)4)26-15(23)10-9-14-16(20)12-7-5-6-8-13(12)27-14/h5-11H,1-4H3,(H2,21,22,24,25)/b10-9+/t11-/m0/s1. The highest BCUT2D eigenvalue weighted by Crippen LogP contribution is 2.35. The number of hydrogen-bond donors (Lipinski definition) is 2. The van der Waals surface area contributed by atoms with Crippen molar-refractivity contribution in [2.24, 2.45) is 0 Å². The van der Waals surface area contributed by atoms with Gasteiger partial charge in [0.15, 0.2) is 6.10 Å². The Morgan fingerprint density at radius 3 is 2.52 bits per heavy atom. The second-order valence-electron chi connectivity index (χ2n) is 6.88. The van der Waals surface area contributed by atoms with Crippen molar-refractivity contribution in [2.45, 2.75) is 39.3 Å². The van der Waals surface area contributed by atoms with Crippen molar-refractivity contribution in [1.29, 1.82) is 0 Å². The first-order valence-corrected chi connectivity index (χ1v) is 9.45. The van der Waals surface area contributed by atoms with Crippen LogP contribution in [0.1, 0.15) is 32.6 Å². The molecule has 0 saturated carbocycles. The van der Waals surface area contributed by atoms with Gasteiger partial charge in [0.25, 0.3) is 5.91 Å². The molecule has 8 heteroatoms. The number of halogens is 1. The maximum atomic E-state index is 11.9. The van der Waals surface area contributed by atoms with E-state index in [-0.39, 0.29) is 0 Å². The van der Waals surface area contributed by atoms with Gasteiger partial charge in [0.1, 0.15) is 0 Å².